The van der Waals surface area contributed by atoms with Crippen LogP contribution in [0.4, 0.5) is 9.59 Å². The van der Waals surface area contributed by atoms with E-state index in [1.54, 1.807) is 24.3 Å². The number of cyclic esters (lactones) is 1. The highest BCUT2D eigenvalue weighted by molar-refractivity contribution is 6.30. The van der Waals surface area contributed by atoms with Crippen LogP contribution in [0.1, 0.15) is 36.3 Å². The molecule has 2 fully saturated rings. The molecule has 32 heavy (non-hydrogen) atoms. The molecule has 7 nitrogen and oxygen atoms in total. The highest BCUT2D eigenvalue weighted by atomic mass is 35.5. The fraction of sp³-hybridized carbons (Fsp3) is 0.375. The highest BCUT2D eigenvalue weighted by Gasteiger charge is 2.46. The van der Waals surface area contributed by atoms with Gasteiger partial charge in [-0.1, -0.05) is 54.1 Å². The molecule has 0 saturated carbocycles. The summed E-state index contributed by atoms with van der Waals surface area (Å²) in [6, 6.07) is 15.4. The summed E-state index contributed by atoms with van der Waals surface area (Å²) in [5, 5.41) is 10.3. The second-order valence-electron chi connectivity index (χ2n) is 8.20. The summed E-state index contributed by atoms with van der Waals surface area (Å²) in [4.78, 5) is 41.0. The fourth-order valence-corrected chi connectivity index (χ4v) is 4.78. The molecule has 2 aliphatic rings. The first kappa shape index (κ1) is 22.1. The molecule has 0 spiro atoms. The molecule has 0 bridgehead atoms. The molecule has 2 aromatic rings. The molecule has 8 heteroatoms. The molecule has 1 N–H and O–H groups in total. The summed E-state index contributed by atoms with van der Waals surface area (Å²) < 4.78 is 5.25. The first-order valence-corrected chi connectivity index (χ1v) is 11.1. The van der Waals surface area contributed by atoms with E-state index in [-0.39, 0.29) is 6.61 Å². The van der Waals surface area contributed by atoms with Crippen molar-refractivity contribution in [3.8, 4) is 0 Å². The normalized spacial score (nSPS) is 21.8. The Kier molecular flexibility index (Phi) is 6.65. The molecular formula is C24H25ClN2O5. The minimum atomic E-state index is -1.06. The number of carbonyl (C=O) groups is 3. The van der Waals surface area contributed by atoms with Crippen molar-refractivity contribution in [3.63, 3.8) is 0 Å². The third kappa shape index (κ3) is 4.58. The zero-order valence-electron chi connectivity index (χ0n) is 17.5. The molecule has 0 aromatic heterocycles. The van der Waals surface area contributed by atoms with Gasteiger partial charge in [0.05, 0.1) is 18.0 Å². The van der Waals surface area contributed by atoms with Gasteiger partial charge in [0.2, 0.25) is 5.91 Å². The van der Waals surface area contributed by atoms with Gasteiger partial charge < -0.3 is 14.7 Å². The van der Waals surface area contributed by atoms with Gasteiger partial charge in [-0.15, -0.1) is 0 Å². The summed E-state index contributed by atoms with van der Waals surface area (Å²) in [6.45, 7) is 0.468. The number of benzene rings is 2. The quantitative estimate of drug-likeness (QED) is 0.713. The van der Waals surface area contributed by atoms with Crippen LogP contribution in [0.5, 0.6) is 0 Å². The van der Waals surface area contributed by atoms with Crippen LogP contribution in [0.15, 0.2) is 54.6 Å². The Morgan fingerprint density at radius 2 is 1.81 bits per heavy atom. The number of hydrogen-bond donors (Lipinski definition) is 1. The van der Waals surface area contributed by atoms with Crippen molar-refractivity contribution in [1.82, 2.24) is 9.80 Å². The fourth-order valence-electron chi connectivity index (χ4n) is 4.66. The molecule has 2 aliphatic heterocycles. The number of rotatable bonds is 5. The Balaban J connectivity index is 1.69. The van der Waals surface area contributed by atoms with Crippen LogP contribution in [-0.2, 0) is 16.0 Å². The Bertz CT molecular complexity index is 982. The van der Waals surface area contributed by atoms with Crippen LogP contribution in [0.2, 0.25) is 5.02 Å². The maximum atomic E-state index is 13.9. The Morgan fingerprint density at radius 1 is 1.09 bits per heavy atom. The first-order valence-electron chi connectivity index (χ1n) is 10.7. The van der Waals surface area contributed by atoms with Gasteiger partial charge in [-0.05, 0) is 48.9 Å². The van der Waals surface area contributed by atoms with E-state index in [1.165, 1.54) is 9.80 Å². The van der Waals surface area contributed by atoms with E-state index in [0.29, 0.717) is 30.0 Å². The Morgan fingerprint density at radius 3 is 2.50 bits per heavy atom. The molecule has 168 valence electrons. The first-order chi connectivity index (χ1) is 15.5. The van der Waals surface area contributed by atoms with Crippen LogP contribution < -0.4 is 0 Å². The minimum absolute atomic E-state index is 0.111. The van der Waals surface area contributed by atoms with Gasteiger partial charge in [0.15, 0.2) is 0 Å². The van der Waals surface area contributed by atoms with Crippen molar-refractivity contribution in [3.05, 3.63) is 70.7 Å². The molecule has 2 saturated heterocycles. The topological polar surface area (TPSA) is 87.2 Å². The highest BCUT2D eigenvalue weighted by Crippen LogP contribution is 2.35. The largest absolute Gasteiger partial charge is 0.465 e. The Labute approximate surface area is 191 Å². The number of halogens is 1. The van der Waals surface area contributed by atoms with Gasteiger partial charge in [0, 0.05) is 11.6 Å². The van der Waals surface area contributed by atoms with Crippen molar-refractivity contribution < 1.29 is 24.2 Å². The van der Waals surface area contributed by atoms with Gasteiger partial charge in [0.25, 0.3) is 0 Å². The number of carboxylic acid groups (broad SMARTS) is 1. The van der Waals surface area contributed by atoms with Gasteiger partial charge in [-0.2, -0.15) is 0 Å². The van der Waals surface area contributed by atoms with Crippen molar-refractivity contribution in [2.75, 3.05) is 13.2 Å². The summed E-state index contributed by atoms with van der Waals surface area (Å²) in [6.07, 6.45) is 0.811. The zero-order chi connectivity index (χ0) is 22.7. The van der Waals surface area contributed by atoms with E-state index >= 15 is 0 Å². The van der Waals surface area contributed by atoms with E-state index in [1.807, 2.05) is 30.3 Å². The zero-order valence-corrected chi connectivity index (χ0v) is 18.3. The monoisotopic (exact) mass is 456 g/mol. The lowest BCUT2D eigenvalue weighted by Crippen LogP contribution is -2.52. The standard InChI is InChI=1S/C24H25ClN2O5/c25-18-11-9-17(10-12-18)21(20-8-4-5-13-26(20)23(29)30)22(28)27-19(15-32-24(27)31)14-16-6-2-1-3-7-16/h1-3,6-7,9-12,19-21H,4-5,8,13-15H2,(H,29,30)/t19?,20?,21-/m0/s1. The van der Waals surface area contributed by atoms with Crippen molar-refractivity contribution in [2.45, 2.75) is 43.7 Å². The van der Waals surface area contributed by atoms with Gasteiger partial charge in [0.1, 0.15) is 6.61 Å². The van der Waals surface area contributed by atoms with E-state index in [9.17, 15) is 19.5 Å². The number of carbonyl (C=O) groups excluding carboxylic acids is 2. The minimum Gasteiger partial charge on any atom is -0.465 e. The third-order valence-electron chi connectivity index (χ3n) is 6.19. The molecule has 2 heterocycles. The second-order valence-corrected chi connectivity index (χ2v) is 8.63. The van der Waals surface area contributed by atoms with Gasteiger partial charge >= 0.3 is 12.2 Å². The van der Waals surface area contributed by atoms with Gasteiger partial charge in [-0.3, -0.25) is 4.79 Å². The maximum Gasteiger partial charge on any atom is 0.417 e. The van der Waals surface area contributed by atoms with E-state index in [0.717, 1.165) is 18.4 Å². The number of piperidine rings is 1. The van der Waals surface area contributed by atoms with Crippen LogP contribution in [0.25, 0.3) is 0 Å². The molecule has 3 amide bonds. The molecule has 4 rings (SSSR count). The maximum absolute atomic E-state index is 13.9. The smallest absolute Gasteiger partial charge is 0.417 e. The Hall–Kier alpha value is -3.06. The predicted molar refractivity (Wildman–Crippen MR) is 119 cm³/mol. The third-order valence-corrected chi connectivity index (χ3v) is 6.44. The average Bonchev–Trinajstić information content (AvgIpc) is 3.16. The molecule has 3 atom stereocenters. The molecule has 0 aliphatic carbocycles. The number of imide groups is 1. The molecule has 0 radical (unpaired) electrons. The molecule has 2 aromatic carbocycles. The lowest BCUT2D eigenvalue weighted by molar-refractivity contribution is -0.132. The van der Waals surface area contributed by atoms with Gasteiger partial charge in [-0.25, -0.2) is 14.5 Å². The predicted octanol–water partition coefficient (Wildman–Crippen LogP) is 4.55. The van der Waals surface area contributed by atoms with Crippen molar-refractivity contribution in [2.24, 2.45) is 0 Å². The van der Waals surface area contributed by atoms with Crippen LogP contribution >= 0.6 is 11.6 Å². The van der Waals surface area contributed by atoms with Crippen molar-refractivity contribution in [1.29, 1.82) is 0 Å². The molecule has 2 unspecified atom stereocenters. The second kappa shape index (κ2) is 9.61. The number of ether oxygens (including phenoxy) is 1. The van der Waals surface area contributed by atoms with E-state index in [4.69, 9.17) is 16.3 Å². The van der Waals surface area contributed by atoms with Crippen LogP contribution in [0.3, 0.4) is 0 Å². The number of nitrogens with zero attached hydrogens (tertiary/aromatic N) is 2. The summed E-state index contributed by atoms with van der Waals surface area (Å²) in [5.74, 6) is -1.26. The van der Waals surface area contributed by atoms with Crippen LogP contribution in [-0.4, -0.2) is 58.2 Å². The van der Waals surface area contributed by atoms with E-state index in [2.05, 4.69) is 0 Å². The lowest BCUT2D eigenvalue weighted by Gasteiger charge is -2.39. The van der Waals surface area contributed by atoms with Crippen molar-refractivity contribution >= 4 is 29.7 Å². The summed E-state index contributed by atoms with van der Waals surface area (Å²) in [5.41, 5.74) is 1.62. The molecular weight excluding hydrogens is 432 g/mol. The summed E-state index contributed by atoms with van der Waals surface area (Å²) in [7, 11) is 0. The number of likely N-dealkylation sites (tertiary alicyclic amines) is 1. The van der Waals surface area contributed by atoms with Crippen LogP contribution in [0, 0.1) is 0 Å². The van der Waals surface area contributed by atoms with E-state index < -0.39 is 36.1 Å². The lowest BCUT2D eigenvalue weighted by atomic mass is 9.84. The SMILES string of the molecule is O=C(O)N1CCCCC1[C@@H](C(=O)N1C(=O)OCC1Cc1ccccc1)c1ccc(Cl)cc1. The number of hydrogen-bond acceptors (Lipinski definition) is 4. The summed E-state index contributed by atoms with van der Waals surface area (Å²) >= 11 is 6.05. The average molecular weight is 457 g/mol. The number of amides is 3.